The number of carboxylic acids is 1. The van der Waals surface area contributed by atoms with Crippen molar-refractivity contribution in [2.24, 2.45) is 0 Å². The standard InChI is InChI=1S/C9H11N3O2/c1-6-5-10-12-7(11-6)9(8(13)14)3-2-4-9/h5H,2-4H2,1H3,(H,13,14). The normalized spacial score (nSPS) is 18.6. The van der Waals surface area contributed by atoms with Crippen molar-refractivity contribution in [3.8, 4) is 0 Å². The van der Waals surface area contributed by atoms with Crippen LogP contribution in [0.3, 0.4) is 0 Å². The van der Waals surface area contributed by atoms with Crippen molar-refractivity contribution >= 4 is 5.97 Å². The monoisotopic (exact) mass is 193 g/mol. The fourth-order valence-electron chi connectivity index (χ4n) is 1.65. The molecule has 0 aliphatic heterocycles. The molecule has 1 N–H and O–H groups in total. The Morgan fingerprint density at radius 1 is 1.57 bits per heavy atom. The summed E-state index contributed by atoms with van der Waals surface area (Å²) in [5.41, 5.74) is -0.151. The molecule has 0 aromatic carbocycles. The van der Waals surface area contributed by atoms with Crippen LogP contribution in [0.2, 0.25) is 0 Å². The van der Waals surface area contributed by atoms with E-state index in [1.54, 1.807) is 6.92 Å². The second-order valence-corrected chi connectivity index (χ2v) is 3.66. The predicted octanol–water partition coefficient (Wildman–Crippen LogP) is 0.686. The highest BCUT2D eigenvalue weighted by molar-refractivity contribution is 5.81. The maximum atomic E-state index is 11.1. The number of aromatic nitrogens is 3. The second-order valence-electron chi connectivity index (χ2n) is 3.66. The van der Waals surface area contributed by atoms with Crippen LogP contribution in [-0.2, 0) is 10.2 Å². The van der Waals surface area contributed by atoms with Crippen molar-refractivity contribution in [1.82, 2.24) is 15.2 Å². The molecule has 1 aliphatic rings. The number of aryl methyl sites for hydroxylation is 1. The Balaban J connectivity index is 2.42. The average molecular weight is 193 g/mol. The highest BCUT2D eigenvalue weighted by Gasteiger charge is 2.49. The van der Waals surface area contributed by atoms with Crippen LogP contribution in [-0.4, -0.2) is 26.3 Å². The molecule has 14 heavy (non-hydrogen) atoms. The number of hydrogen-bond donors (Lipinski definition) is 1. The molecule has 0 unspecified atom stereocenters. The molecular weight excluding hydrogens is 182 g/mol. The van der Waals surface area contributed by atoms with E-state index in [4.69, 9.17) is 5.11 Å². The van der Waals surface area contributed by atoms with Crippen molar-refractivity contribution in [1.29, 1.82) is 0 Å². The Bertz CT molecular complexity index is 374. The molecule has 2 rings (SSSR count). The van der Waals surface area contributed by atoms with Crippen LogP contribution in [0.15, 0.2) is 6.20 Å². The Morgan fingerprint density at radius 3 is 2.71 bits per heavy atom. The smallest absolute Gasteiger partial charge is 0.317 e. The van der Waals surface area contributed by atoms with Crippen LogP contribution in [0.5, 0.6) is 0 Å². The second kappa shape index (κ2) is 3.01. The summed E-state index contributed by atoms with van der Waals surface area (Å²) in [6.45, 7) is 1.78. The van der Waals surface area contributed by atoms with E-state index in [1.165, 1.54) is 6.20 Å². The van der Waals surface area contributed by atoms with Crippen molar-refractivity contribution in [2.45, 2.75) is 31.6 Å². The minimum Gasteiger partial charge on any atom is -0.480 e. The summed E-state index contributed by atoms with van der Waals surface area (Å²) in [5.74, 6) is -0.479. The molecule has 0 saturated heterocycles. The molecule has 1 aromatic heterocycles. The first-order chi connectivity index (χ1) is 6.65. The number of aliphatic carboxylic acids is 1. The third-order valence-corrected chi connectivity index (χ3v) is 2.72. The number of nitrogens with zero attached hydrogens (tertiary/aromatic N) is 3. The highest BCUT2D eigenvalue weighted by Crippen LogP contribution is 2.41. The fourth-order valence-corrected chi connectivity index (χ4v) is 1.65. The van der Waals surface area contributed by atoms with Crippen molar-refractivity contribution in [3.05, 3.63) is 17.7 Å². The zero-order valence-electron chi connectivity index (χ0n) is 7.90. The highest BCUT2D eigenvalue weighted by atomic mass is 16.4. The van der Waals surface area contributed by atoms with Gasteiger partial charge in [0.2, 0.25) is 0 Å². The molecule has 0 atom stereocenters. The molecule has 5 heteroatoms. The lowest BCUT2D eigenvalue weighted by Crippen LogP contribution is -2.44. The summed E-state index contributed by atoms with van der Waals surface area (Å²) >= 11 is 0. The van der Waals surface area contributed by atoms with E-state index in [9.17, 15) is 4.79 Å². The molecule has 1 aliphatic carbocycles. The number of hydrogen-bond acceptors (Lipinski definition) is 4. The number of carbonyl (C=O) groups is 1. The van der Waals surface area contributed by atoms with E-state index < -0.39 is 11.4 Å². The van der Waals surface area contributed by atoms with Gasteiger partial charge in [0.15, 0.2) is 5.82 Å². The topological polar surface area (TPSA) is 76.0 Å². The maximum Gasteiger partial charge on any atom is 0.317 e. The third-order valence-electron chi connectivity index (χ3n) is 2.72. The molecule has 5 nitrogen and oxygen atoms in total. The maximum absolute atomic E-state index is 11.1. The zero-order valence-corrected chi connectivity index (χ0v) is 7.90. The minimum absolute atomic E-state index is 0.358. The van der Waals surface area contributed by atoms with Crippen LogP contribution in [0.1, 0.15) is 30.8 Å². The van der Waals surface area contributed by atoms with Gasteiger partial charge in [0.25, 0.3) is 0 Å². The van der Waals surface area contributed by atoms with Gasteiger partial charge in [-0.1, -0.05) is 6.42 Å². The summed E-state index contributed by atoms with van der Waals surface area (Å²) < 4.78 is 0. The van der Waals surface area contributed by atoms with Gasteiger partial charge in [-0.2, -0.15) is 5.10 Å². The zero-order chi connectivity index (χ0) is 10.2. The van der Waals surface area contributed by atoms with E-state index in [2.05, 4.69) is 15.2 Å². The molecule has 0 amide bonds. The van der Waals surface area contributed by atoms with Gasteiger partial charge < -0.3 is 5.11 Å². The number of carboxylic acid groups (broad SMARTS) is 1. The van der Waals surface area contributed by atoms with E-state index in [-0.39, 0.29) is 0 Å². The average Bonchev–Trinajstić information content (AvgIpc) is 2.00. The van der Waals surface area contributed by atoms with Crippen molar-refractivity contribution in [2.75, 3.05) is 0 Å². The summed E-state index contributed by atoms with van der Waals surface area (Å²) in [6, 6.07) is 0. The Kier molecular flexibility index (Phi) is 1.94. The van der Waals surface area contributed by atoms with E-state index in [0.29, 0.717) is 24.4 Å². The van der Waals surface area contributed by atoms with Crippen LogP contribution >= 0.6 is 0 Å². The van der Waals surface area contributed by atoms with Gasteiger partial charge in [-0.15, -0.1) is 5.10 Å². The quantitative estimate of drug-likeness (QED) is 0.747. The lowest BCUT2D eigenvalue weighted by molar-refractivity contribution is -0.147. The summed E-state index contributed by atoms with van der Waals surface area (Å²) in [6.07, 6.45) is 3.68. The van der Waals surface area contributed by atoms with Gasteiger partial charge >= 0.3 is 5.97 Å². The number of rotatable bonds is 2. The van der Waals surface area contributed by atoms with Gasteiger partial charge in [-0.05, 0) is 19.8 Å². The first-order valence-electron chi connectivity index (χ1n) is 4.55. The Hall–Kier alpha value is -1.52. The summed E-state index contributed by atoms with van der Waals surface area (Å²) in [7, 11) is 0. The molecule has 0 spiro atoms. The van der Waals surface area contributed by atoms with Crippen LogP contribution in [0.25, 0.3) is 0 Å². The minimum atomic E-state index is -0.862. The molecule has 1 aromatic rings. The fraction of sp³-hybridized carbons (Fsp3) is 0.556. The molecule has 1 fully saturated rings. The largest absolute Gasteiger partial charge is 0.480 e. The predicted molar refractivity (Wildman–Crippen MR) is 47.7 cm³/mol. The van der Waals surface area contributed by atoms with Gasteiger partial charge in [0.05, 0.1) is 11.9 Å². The van der Waals surface area contributed by atoms with E-state index in [1.807, 2.05) is 0 Å². The van der Waals surface area contributed by atoms with E-state index >= 15 is 0 Å². The molecule has 74 valence electrons. The van der Waals surface area contributed by atoms with Crippen LogP contribution in [0, 0.1) is 6.92 Å². The first-order valence-corrected chi connectivity index (χ1v) is 4.55. The summed E-state index contributed by atoms with van der Waals surface area (Å²) in [5, 5.41) is 16.7. The van der Waals surface area contributed by atoms with Gasteiger partial charge in [-0.25, -0.2) is 4.98 Å². The Labute approximate surface area is 81.2 Å². The molecule has 1 saturated carbocycles. The molecule has 1 heterocycles. The Morgan fingerprint density at radius 2 is 2.29 bits per heavy atom. The van der Waals surface area contributed by atoms with E-state index in [0.717, 1.165) is 6.42 Å². The van der Waals surface area contributed by atoms with Crippen LogP contribution in [0.4, 0.5) is 0 Å². The lowest BCUT2D eigenvalue weighted by Gasteiger charge is -2.35. The van der Waals surface area contributed by atoms with Gasteiger partial charge in [0, 0.05) is 0 Å². The van der Waals surface area contributed by atoms with Crippen molar-refractivity contribution in [3.63, 3.8) is 0 Å². The van der Waals surface area contributed by atoms with Crippen molar-refractivity contribution < 1.29 is 9.90 Å². The first kappa shape index (κ1) is 9.05. The molecule has 0 radical (unpaired) electrons. The lowest BCUT2D eigenvalue weighted by atomic mass is 9.68. The van der Waals surface area contributed by atoms with Crippen LogP contribution < -0.4 is 0 Å². The van der Waals surface area contributed by atoms with Gasteiger partial charge in [-0.3, -0.25) is 4.79 Å². The SMILES string of the molecule is Cc1cnnc(C2(C(=O)O)CCC2)n1. The third kappa shape index (κ3) is 1.16. The molecule has 0 bridgehead atoms. The molecular formula is C9H11N3O2. The van der Waals surface area contributed by atoms with Gasteiger partial charge in [0.1, 0.15) is 5.41 Å². The summed E-state index contributed by atoms with van der Waals surface area (Å²) in [4.78, 5) is 15.2.